The number of hydrogen-bond acceptors (Lipinski definition) is 4. The van der Waals surface area contributed by atoms with Gasteiger partial charge in [-0.15, -0.1) is 0 Å². The minimum atomic E-state index is -0.00666. The third kappa shape index (κ3) is 2.67. The van der Waals surface area contributed by atoms with Gasteiger partial charge in [0.25, 0.3) is 0 Å². The Morgan fingerprint density at radius 2 is 1.81 bits per heavy atom. The summed E-state index contributed by atoms with van der Waals surface area (Å²) in [7, 11) is 0. The number of rotatable bonds is 3. The molecule has 0 amide bonds. The first-order valence-corrected chi connectivity index (χ1v) is 6.99. The Morgan fingerprint density at radius 3 is 2.52 bits per heavy atom. The van der Waals surface area contributed by atoms with Crippen LogP contribution in [0.4, 0.5) is 5.69 Å². The Hall–Kier alpha value is -2.20. The van der Waals surface area contributed by atoms with E-state index in [1.807, 2.05) is 18.2 Å². The van der Waals surface area contributed by atoms with Crippen molar-refractivity contribution in [2.24, 2.45) is 0 Å². The van der Waals surface area contributed by atoms with Crippen molar-refractivity contribution in [2.45, 2.75) is 6.42 Å². The van der Waals surface area contributed by atoms with Gasteiger partial charge in [-0.2, -0.15) is 0 Å². The molecule has 0 bridgehead atoms. The molecule has 4 nitrogen and oxygen atoms in total. The van der Waals surface area contributed by atoms with Crippen LogP contribution in [0.3, 0.4) is 0 Å². The summed E-state index contributed by atoms with van der Waals surface area (Å²) in [5.74, 6) is 0.949. The second kappa shape index (κ2) is 5.66. The molecule has 0 atom stereocenters. The average molecular weight is 304 g/mol. The molecule has 0 unspecified atom stereocenters. The number of halogens is 1. The molecule has 108 valence electrons. The van der Waals surface area contributed by atoms with E-state index in [1.54, 1.807) is 18.2 Å². The van der Waals surface area contributed by atoms with Crippen molar-refractivity contribution in [2.75, 3.05) is 18.9 Å². The molecule has 0 fully saturated rings. The lowest BCUT2D eigenvalue weighted by Crippen LogP contribution is -2.19. The Balaban J connectivity index is 1.96. The quantitative estimate of drug-likeness (QED) is 0.699. The van der Waals surface area contributed by atoms with Crippen molar-refractivity contribution in [3.8, 4) is 11.5 Å². The molecule has 0 spiro atoms. The maximum Gasteiger partial charge on any atom is 0.186 e. The number of anilines is 1. The van der Waals surface area contributed by atoms with Gasteiger partial charge < -0.3 is 15.2 Å². The molecule has 1 heterocycles. The molecule has 1 aliphatic heterocycles. The second-order valence-corrected chi connectivity index (χ2v) is 5.16. The van der Waals surface area contributed by atoms with Gasteiger partial charge in [-0.1, -0.05) is 41.9 Å². The van der Waals surface area contributed by atoms with Gasteiger partial charge in [0, 0.05) is 17.5 Å². The van der Waals surface area contributed by atoms with Gasteiger partial charge >= 0.3 is 0 Å². The predicted octanol–water partition coefficient (Wildman–Crippen LogP) is 3.12. The number of nitrogens with two attached hydrogens (primary N) is 1. The average Bonchev–Trinajstić information content (AvgIpc) is 2.53. The van der Waals surface area contributed by atoms with E-state index in [9.17, 15) is 4.79 Å². The zero-order chi connectivity index (χ0) is 14.8. The topological polar surface area (TPSA) is 61.6 Å². The number of Topliss-reactive ketones (excluding diaryl/α,β-unsaturated/α-hetero) is 1. The van der Waals surface area contributed by atoms with E-state index in [4.69, 9.17) is 26.8 Å². The van der Waals surface area contributed by atoms with Crippen LogP contribution in [0, 0.1) is 0 Å². The molecular weight excluding hydrogens is 290 g/mol. The lowest BCUT2D eigenvalue weighted by atomic mass is 10.0. The number of ketones is 1. The molecular formula is C16H14ClNO3. The summed E-state index contributed by atoms with van der Waals surface area (Å²) in [6, 6.07) is 10.8. The van der Waals surface area contributed by atoms with Gasteiger partial charge in [-0.05, 0) is 6.07 Å². The fourth-order valence-electron chi connectivity index (χ4n) is 2.29. The predicted molar refractivity (Wildman–Crippen MR) is 81.3 cm³/mol. The van der Waals surface area contributed by atoms with Crippen molar-refractivity contribution in [3.05, 3.63) is 52.5 Å². The first kappa shape index (κ1) is 13.8. The molecule has 2 aromatic carbocycles. The Kier molecular flexibility index (Phi) is 3.71. The maximum atomic E-state index is 12.3. The van der Waals surface area contributed by atoms with E-state index in [2.05, 4.69) is 0 Å². The summed E-state index contributed by atoms with van der Waals surface area (Å²) in [5.41, 5.74) is 7.58. The van der Waals surface area contributed by atoms with E-state index in [0.717, 1.165) is 0 Å². The van der Waals surface area contributed by atoms with E-state index in [-0.39, 0.29) is 12.2 Å². The minimum absolute atomic E-state index is 0.00666. The van der Waals surface area contributed by atoms with Crippen LogP contribution in [-0.4, -0.2) is 19.0 Å². The Morgan fingerprint density at radius 1 is 1.14 bits per heavy atom. The van der Waals surface area contributed by atoms with Gasteiger partial charge in [0.15, 0.2) is 17.3 Å². The van der Waals surface area contributed by atoms with Gasteiger partial charge in [0.05, 0.1) is 10.7 Å². The number of benzene rings is 2. The molecule has 0 aliphatic carbocycles. The second-order valence-electron chi connectivity index (χ2n) is 4.75. The van der Waals surface area contributed by atoms with Crippen LogP contribution in [0.2, 0.25) is 5.02 Å². The van der Waals surface area contributed by atoms with Crippen LogP contribution in [-0.2, 0) is 6.42 Å². The number of nitrogen functional groups attached to an aromatic ring is 1. The molecule has 3 rings (SSSR count). The molecule has 0 saturated heterocycles. The van der Waals surface area contributed by atoms with E-state index in [0.29, 0.717) is 46.5 Å². The highest BCUT2D eigenvalue weighted by atomic mass is 35.5. The van der Waals surface area contributed by atoms with Crippen molar-refractivity contribution in [1.82, 2.24) is 0 Å². The van der Waals surface area contributed by atoms with Crippen molar-refractivity contribution >= 4 is 23.1 Å². The number of carbonyl (C=O) groups excluding carboxylic acids is 1. The monoisotopic (exact) mass is 303 g/mol. The van der Waals surface area contributed by atoms with Crippen molar-refractivity contribution in [3.63, 3.8) is 0 Å². The van der Waals surface area contributed by atoms with Crippen LogP contribution in [0.1, 0.15) is 15.9 Å². The first-order valence-electron chi connectivity index (χ1n) is 6.61. The zero-order valence-corrected chi connectivity index (χ0v) is 12.0. The molecule has 0 saturated carbocycles. The maximum absolute atomic E-state index is 12.3. The van der Waals surface area contributed by atoms with Crippen LogP contribution in [0.5, 0.6) is 11.5 Å². The highest BCUT2D eigenvalue weighted by Gasteiger charge is 2.23. The molecule has 21 heavy (non-hydrogen) atoms. The lowest BCUT2D eigenvalue weighted by Gasteiger charge is -2.23. The van der Waals surface area contributed by atoms with Crippen molar-refractivity contribution in [1.29, 1.82) is 0 Å². The Labute approximate surface area is 127 Å². The zero-order valence-electron chi connectivity index (χ0n) is 11.3. The first-order chi connectivity index (χ1) is 10.2. The number of carbonyl (C=O) groups is 1. The summed E-state index contributed by atoms with van der Waals surface area (Å²) in [6.07, 6.45) is 0.190. The number of fused-ring (bicyclic) bond motifs is 1. The summed E-state index contributed by atoms with van der Waals surface area (Å²) < 4.78 is 11.1. The molecule has 2 N–H and O–H groups in total. The normalized spacial score (nSPS) is 13.0. The number of ether oxygens (including phenoxy) is 2. The summed E-state index contributed by atoms with van der Waals surface area (Å²) in [5, 5.41) is 0.370. The summed E-state index contributed by atoms with van der Waals surface area (Å²) >= 11 is 6.11. The van der Waals surface area contributed by atoms with E-state index < -0.39 is 0 Å². The van der Waals surface area contributed by atoms with E-state index in [1.165, 1.54) is 0 Å². The number of hydrogen-bond donors (Lipinski definition) is 1. The third-order valence-electron chi connectivity index (χ3n) is 3.32. The molecule has 1 aliphatic rings. The van der Waals surface area contributed by atoms with Crippen LogP contribution in [0.25, 0.3) is 0 Å². The molecule has 0 radical (unpaired) electrons. The van der Waals surface area contributed by atoms with Crippen LogP contribution >= 0.6 is 11.6 Å². The fraction of sp³-hybridized carbons (Fsp3) is 0.188. The molecule has 2 aromatic rings. The summed E-state index contributed by atoms with van der Waals surface area (Å²) in [4.78, 5) is 12.3. The SMILES string of the molecule is Nc1c(Cl)cc(CC(=O)c2ccccc2)c2c1OCCO2. The smallest absolute Gasteiger partial charge is 0.186 e. The van der Waals surface area contributed by atoms with Gasteiger partial charge in [0.1, 0.15) is 13.2 Å². The van der Waals surface area contributed by atoms with E-state index >= 15 is 0 Å². The summed E-state index contributed by atoms with van der Waals surface area (Å²) in [6.45, 7) is 0.851. The molecule has 0 aromatic heterocycles. The van der Waals surface area contributed by atoms with Gasteiger partial charge in [0.2, 0.25) is 0 Å². The van der Waals surface area contributed by atoms with Crippen LogP contribution < -0.4 is 15.2 Å². The fourth-order valence-corrected chi connectivity index (χ4v) is 2.51. The minimum Gasteiger partial charge on any atom is -0.486 e. The largest absolute Gasteiger partial charge is 0.486 e. The molecule has 5 heteroatoms. The third-order valence-corrected chi connectivity index (χ3v) is 3.64. The van der Waals surface area contributed by atoms with Gasteiger partial charge in [-0.3, -0.25) is 4.79 Å². The highest BCUT2D eigenvalue weighted by molar-refractivity contribution is 6.33. The van der Waals surface area contributed by atoms with Crippen molar-refractivity contribution < 1.29 is 14.3 Å². The lowest BCUT2D eigenvalue weighted by molar-refractivity contribution is 0.0990. The highest BCUT2D eigenvalue weighted by Crippen LogP contribution is 2.43. The standard InChI is InChI=1S/C16H14ClNO3/c17-12-8-11(9-13(19)10-4-2-1-3-5-10)15-16(14(12)18)21-7-6-20-15/h1-5,8H,6-7,9,18H2. The van der Waals surface area contributed by atoms with Crippen LogP contribution in [0.15, 0.2) is 36.4 Å². The Bertz CT molecular complexity index is 686. The van der Waals surface area contributed by atoms with Gasteiger partial charge in [-0.25, -0.2) is 0 Å².